The molecule has 136 valence electrons. The van der Waals surface area contributed by atoms with E-state index in [2.05, 4.69) is 10.6 Å². The van der Waals surface area contributed by atoms with Crippen LogP contribution < -0.4 is 10.6 Å². The van der Waals surface area contributed by atoms with Crippen molar-refractivity contribution >= 4 is 33.1 Å². The first kappa shape index (κ1) is 18.2. The molecule has 0 aliphatic rings. The maximum Gasteiger partial charge on any atom is 0.416 e. The number of carbonyl (C=O) groups is 1. The van der Waals surface area contributed by atoms with Gasteiger partial charge in [-0.15, -0.1) is 11.3 Å². The molecule has 0 bridgehead atoms. The van der Waals surface area contributed by atoms with E-state index in [9.17, 15) is 23.1 Å². The summed E-state index contributed by atoms with van der Waals surface area (Å²) in [5.41, 5.74) is -0.127. The zero-order valence-electron chi connectivity index (χ0n) is 13.4. The van der Waals surface area contributed by atoms with Crippen LogP contribution in [-0.2, 0) is 6.18 Å². The Morgan fingerprint density at radius 2 is 1.92 bits per heavy atom. The molecule has 1 aromatic heterocycles. The first-order valence-corrected chi connectivity index (χ1v) is 8.59. The number of hydrogen-bond acceptors (Lipinski definition) is 3. The molecule has 26 heavy (non-hydrogen) atoms. The molecule has 0 aliphatic heterocycles. The lowest BCUT2D eigenvalue weighted by atomic mass is 10.1. The predicted molar refractivity (Wildman–Crippen MR) is 95.3 cm³/mol. The van der Waals surface area contributed by atoms with Crippen molar-refractivity contribution in [1.29, 1.82) is 0 Å². The molecule has 3 rings (SSSR count). The van der Waals surface area contributed by atoms with Crippen molar-refractivity contribution < 1.29 is 23.1 Å². The lowest BCUT2D eigenvalue weighted by Crippen LogP contribution is -2.32. The number of urea groups is 1. The van der Waals surface area contributed by atoms with Crippen LogP contribution >= 0.6 is 11.3 Å². The van der Waals surface area contributed by atoms with E-state index in [1.165, 1.54) is 23.5 Å². The molecule has 3 aromatic rings. The standard InChI is InChI=1S/C18H15F3N2O2S/c19-18(20,21)11-4-3-5-12(8-11)23-17(25)22-9-15(24)14-10-26-16-7-2-1-6-13(14)16/h1-8,10,15,24H,9H2,(H2,22,23,25). The number of hydrogen-bond donors (Lipinski definition) is 3. The second kappa shape index (κ2) is 7.35. The molecule has 0 radical (unpaired) electrons. The van der Waals surface area contributed by atoms with E-state index in [-0.39, 0.29) is 12.2 Å². The zero-order chi connectivity index (χ0) is 18.7. The maximum atomic E-state index is 12.7. The van der Waals surface area contributed by atoms with E-state index >= 15 is 0 Å². The van der Waals surface area contributed by atoms with Crippen molar-refractivity contribution in [2.75, 3.05) is 11.9 Å². The summed E-state index contributed by atoms with van der Waals surface area (Å²) in [4.78, 5) is 11.9. The summed E-state index contributed by atoms with van der Waals surface area (Å²) in [5, 5.41) is 17.8. The van der Waals surface area contributed by atoms with Crippen LogP contribution in [-0.4, -0.2) is 17.7 Å². The maximum absolute atomic E-state index is 12.7. The van der Waals surface area contributed by atoms with Gasteiger partial charge in [-0.25, -0.2) is 4.79 Å². The number of aliphatic hydroxyl groups excluding tert-OH is 1. The smallest absolute Gasteiger partial charge is 0.387 e. The third-order valence-corrected chi connectivity index (χ3v) is 4.76. The normalized spacial score (nSPS) is 12.8. The second-order valence-electron chi connectivity index (χ2n) is 5.62. The predicted octanol–water partition coefficient (Wildman–Crippen LogP) is 4.78. The Morgan fingerprint density at radius 3 is 2.69 bits per heavy atom. The van der Waals surface area contributed by atoms with E-state index in [1.807, 2.05) is 29.6 Å². The summed E-state index contributed by atoms with van der Waals surface area (Å²) < 4.78 is 39.1. The zero-order valence-corrected chi connectivity index (χ0v) is 14.2. The van der Waals surface area contributed by atoms with Crippen molar-refractivity contribution in [1.82, 2.24) is 5.32 Å². The number of thiophene rings is 1. The van der Waals surface area contributed by atoms with Crippen LogP contribution in [0.5, 0.6) is 0 Å². The number of anilines is 1. The number of halogens is 3. The number of rotatable bonds is 4. The number of aliphatic hydroxyl groups is 1. The minimum Gasteiger partial charge on any atom is -0.387 e. The molecule has 1 atom stereocenters. The number of nitrogens with one attached hydrogen (secondary N) is 2. The molecule has 0 spiro atoms. The van der Waals surface area contributed by atoms with Gasteiger partial charge >= 0.3 is 12.2 Å². The van der Waals surface area contributed by atoms with E-state index in [1.54, 1.807) is 0 Å². The van der Waals surface area contributed by atoms with Gasteiger partial charge in [0, 0.05) is 22.5 Å². The highest BCUT2D eigenvalue weighted by Crippen LogP contribution is 2.31. The SMILES string of the molecule is O=C(NCC(O)c1csc2ccccc12)Nc1cccc(C(F)(F)F)c1. The molecule has 0 saturated carbocycles. The van der Waals surface area contributed by atoms with Crippen LogP contribution in [0.3, 0.4) is 0 Å². The Bertz CT molecular complexity index is 924. The fourth-order valence-corrected chi connectivity index (χ4v) is 3.51. The summed E-state index contributed by atoms with van der Waals surface area (Å²) in [6.07, 6.45) is -5.40. The Kier molecular flexibility index (Phi) is 5.15. The van der Waals surface area contributed by atoms with Gasteiger partial charge in [0.2, 0.25) is 0 Å². The third-order valence-electron chi connectivity index (χ3n) is 3.77. The molecule has 0 aliphatic carbocycles. The Balaban J connectivity index is 1.61. The van der Waals surface area contributed by atoms with Crippen LogP contribution in [0, 0.1) is 0 Å². The van der Waals surface area contributed by atoms with Crippen LogP contribution in [0.15, 0.2) is 53.9 Å². The average molecular weight is 380 g/mol. The van der Waals surface area contributed by atoms with Gasteiger partial charge in [-0.2, -0.15) is 13.2 Å². The molecule has 2 amide bonds. The quantitative estimate of drug-likeness (QED) is 0.610. The highest BCUT2D eigenvalue weighted by Gasteiger charge is 2.30. The molecular formula is C18H15F3N2O2S. The van der Waals surface area contributed by atoms with Gasteiger partial charge in [0.1, 0.15) is 0 Å². The monoisotopic (exact) mass is 380 g/mol. The van der Waals surface area contributed by atoms with Crippen molar-refractivity contribution in [2.45, 2.75) is 12.3 Å². The number of amides is 2. The third kappa shape index (κ3) is 4.14. The minimum atomic E-state index is -4.48. The van der Waals surface area contributed by atoms with Gasteiger partial charge < -0.3 is 15.7 Å². The van der Waals surface area contributed by atoms with Gasteiger partial charge in [-0.1, -0.05) is 24.3 Å². The fraction of sp³-hybridized carbons (Fsp3) is 0.167. The molecule has 1 heterocycles. The molecular weight excluding hydrogens is 365 g/mol. The summed E-state index contributed by atoms with van der Waals surface area (Å²) in [6, 6.07) is 11.2. The summed E-state index contributed by atoms with van der Waals surface area (Å²) in [6.45, 7) is -0.0640. The van der Waals surface area contributed by atoms with Gasteiger partial charge in [0.25, 0.3) is 0 Å². The molecule has 2 aromatic carbocycles. The first-order valence-electron chi connectivity index (χ1n) is 7.71. The number of fused-ring (bicyclic) bond motifs is 1. The number of carbonyl (C=O) groups excluding carboxylic acids is 1. The second-order valence-corrected chi connectivity index (χ2v) is 6.53. The summed E-state index contributed by atoms with van der Waals surface area (Å²) in [5.74, 6) is 0. The Hall–Kier alpha value is -2.58. The Labute approximate surface area is 151 Å². The average Bonchev–Trinajstić information content (AvgIpc) is 3.03. The van der Waals surface area contributed by atoms with E-state index < -0.39 is 23.9 Å². The molecule has 1 unspecified atom stereocenters. The van der Waals surface area contributed by atoms with Gasteiger partial charge in [0.05, 0.1) is 11.7 Å². The van der Waals surface area contributed by atoms with Gasteiger partial charge in [-0.3, -0.25) is 0 Å². The lowest BCUT2D eigenvalue weighted by Gasteiger charge is -2.13. The molecule has 0 fully saturated rings. The van der Waals surface area contributed by atoms with Crippen LogP contribution in [0.25, 0.3) is 10.1 Å². The highest BCUT2D eigenvalue weighted by molar-refractivity contribution is 7.17. The largest absolute Gasteiger partial charge is 0.416 e. The van der Waals surface area contributed by atoms with E-state index in [0.717, 1.165) is 22.2 Å². The summed E-state index contributed by atoms with van der Waals surface area (Å²) in [7, 11) is 0. The summed E-state index contributed by atoms with van der Waals surface area (Å²) >= 11 is 1.49. The van der Waals surface area contributed by atoms with Gasteiger partial charge in [0.15, 0.2) is 0 Å². The fourth-order valence-electron chi connectivity index (χ4n) is 2.50. The molecule has 0 saturated heterocycles. The van der Waals surface area contributed by atoms with E-state index in [4.69, 9.17) is 0 Å². The van der Waals surface area contributed by atoms with Gasteiger partial charge in [-0.05, 0) is 35.0 Å². The Morgan fingerprint density at radius 1 is 1.15 bits per heavy atom. The first-order chi connectivity index (χ1) is 12.3. The highest BCUT2D eigenvalue weighted by atomic mass is 32.1. The minimum absolute atomic E-state index is 0.0211. The number of alkyl halides is 3. The number of benzene rings is 2. The topological polar surface area (TPSA) is 61.4 Å². The van der Waals surface area contributed by atoms with Crippen molar-refractivity contribution in [3.63, 3.8) is 0 Å². The van der Waals surface area contributed by atoms with Crippen molar-refractivity contribution in [2.24, 2.45) is 0 Å². The van der Waals surface area contributed by atoms with Crippen LogP contribution in [0.2, 0.25) is 0 Å². The molecule has 4 nitrogen and oxygen atoms in total. The molecule has 8 heteroatoms. The van der Waals surface area contributed by atoms with E-state index in [0.29, 0.717) is 5.56 Å². The van der Waals surface area contributed by atoms with Crippen LogP contribution in [0.1, 0.15) is 17.2 Å². The van der Waals surface area contributed by atoms with Crippen molar-refractivity contribution in [3.8, 4) is 0 Å². The van der Waals surface area contributed by atoms with Crippen molar-refractivity contribution in [3.05, 3.63) is 65.0 Å². The van der Waals surface area contributed by atoms with Crippen LogP contribution in [0.4, 0.5) is 23.7 Å². The molecule has 3 N–H and O–H groups in total. The lowest BCUT2D eigenvalue weighted by molar-refractivity contribution is -0.137.